The van der Waals surface area contributed by atoms with Crippen LogP contribution < -0.4 is 20.2 Å². The highest BCUT2D eigenvalue weighted by atomic mass is 32.1. The van der Waals surface area contributed by atoms with Crippen LogP contribution in [-0.4, -0.2) is 32.1 Å². The van der Waals surface area contributed by atoms with Crippen molar-refractivity contribution >= 4 is 23.5 Å². The van der Waals surface area contributed by atoms with Gasteiger partial charge in [0, 0.05) is 18.2 Å². The lowest BCUT2D eigenvalue weighted by atomic mass is 10.2. The van der Waals surface area contributed by atoms with E-state index in [-0.39, 0.29) is 0 Å². The standard InChI is InChI=1S/C13H17N3O2S/c1-4-5-14-13(19)16-15-9-10-6-11(17-2)8-12(7-10)18-3/h4,6-9H,1,5H2,2-3H3,(H2,14,16,19)/b15-9-. The third-order valence-electron chi connectivity index (χ3n) is 2.16. The van der Waals surface area contributed by atoms with Gasteiger partial charge in [0.1, 0.15) is 11.5 Å². The Hall–Kier alpha value is -2.08. The highest BCUT2D eigenvalue weighted by molar-refractivity contribution is 7.80. The maximum absolute atomic E-state index is 5.17. The fraction of sp³-hybridized carbons (Fsp3) is 0.231. The summed E-state index contributed by atoms with van der Waals surface area (Å²) in [6.45, 7) is 4.17. The van der Waals surface area contributed by atoms with Gasteiger partial charge in [-0.05, 0) is 24.4 Å². The molecule has 0 saturated carbocycles. The second-order valence-corrected chi connectivity index (χ2v) is 3.92. The molecule has 0 aliphatic carbocycles. The van der Waals surface area contributed by atoms with E-state index < -0.39 is 0 Å². The Balaban J connectivity index is 2.65. The molecule has 0 bridgehead atoms. The first kappa shape index (κ1) is 15.0. The number of rotatable bonds is 6. The van der Waals surface area contributed by atoms with E-state index in [1.165, 1.54) is 0 Å². The van der Waals surface area contributed by atoms with E-state index in [4.69, 9.17) is 21.7 Å². The van der Waals surface area contributed by atoms with Gasteiger partial charge in [-0.15, -0.1) is 6.58 Å². The third kappa shape index (κ3) is 5.39. The predicted molar refractivity (Wildman–Crippen MR) is 81.1 cm³/mol. The molecule has 0 radical (unpaired) electrons. The van der Waals surface area contributed by atoms with Crippen molar-refractivity contribution in [2.45, 2.75) is 0 Å². The second kappa shape index (κ2) is 8.10. The maximum Gasteiger partial charge on any atom is 0.187 e. The summed E-state index contributed by atoms with van der Waals surface area (Å²) in [6, 6.07) is 5.48. The summed E-state index contributed by atoms with van der Waals surface area (Å²) >= 11 is 5.00. The molecule has 1 rings (SSSR count). The van der Waals surface area contributed by atoms with Crippen LogP contribution >= 0.6 is 12.2 Å². The van der Waals surface area contributed by atoms with Gasteiger partial charge in [-0.3, -0.25) is 5.43 Å². The summed E-state index contributed by atoms with van der Waals surface area (Å²) in [6.07, 6.45) is 3.34. The molecule has 0 fully saturated rings. The largest absolute Gasteiger partial charge is 0.497 e. The van der Waals surface area contributed by atoms with E-state index in [2.05, 4.69) is 22.4 Å². The van der Waals surface area contributed by atoms with E-state index >= 15 is 0 Å². The first-order valence-corrected chi connectivity index (χ1v) is 6.01. The van der Waals surface area contributed by atoms with Crippen LogP contribution in [0.3, 0.4) is 0 Å². The average molecular weight is 279 g/mol. The normalized spacial score (nSPS) is 10.0. The van der Waals surface area contributed by atoms with Crippen molar-refractivity contribution in [2.24, 2.45) is 5.10 Å². The molecule has 0 saturated heterocycles. The fourth-order valence-electron chi connectivity index (χ4n) is 1.27. The molecule has 102 valence electrons. The molecular weight excluding hydrogens is 262 g/mol. The lowest BCUT2D eigenvalue weighted by Crippen LogP contribution is -2.31. The molecule has 1 aromatic rings. The van der Waals surface area contributed by atoms with Crippen LogP contribution in [-0.2, 0) is 0 Å². The van der Waals surface area contributed by atoms with Crippen LogP contribution in [0.15, 0.2) is 36.0 Å². The van der Waals surface area contributed by atoms with Gasteiger partial charge in [0.15, 0.2) is 5.11 Å². The van der Waals surface area contributed by atoms with Crippen molar-refractivity contribution in [3.05, 3.63) is 36.4 Å². The molecule has 0 amide bonds. The Bertz CT molecular complexity index is 453. The maximum atomic E-state index is 5.17. The highest BCUT2D eigenvalue weighted by Crippen LogP contribution is 2.21. The highest BCUT2D eigenvalue weighted by Gasteiger charge is 1.99. The lowest BCUT2D eigenvalue weighted by Gasteiger charge is -2.06. The van der Waals surface area contributed by atoms with Crippen LogP contribution in [0.2, 0.25) is 0 Å². The summed E-state index contributed by atoms with van der Waals surface area (Å²) in [7, 11) is 3.20. The molecule has 1 aromatic carbocycles. The van der Waals surface area contributed by atoms with Gasteiger partial charge in [0.05, 0.1) is 20.4 Å². The number of nitrogens with zero attached hydrogens (tertiary/aromatic N) is 1. The molecular formula is C13H17N3O2S. The number of methoxy groups -OCH3 is 2. The van der Waals surface area contributed by atoms with E-state index in [0.29, 0.717) is 23.2 Å². The van der Waals surface area contributed by atoms with Gasteiger partial charge in [-0.25, -0.2) is 0 Å². The zero-order valence-electron chi connectivity index (χ0n) is 11.0. The number of hydrogen-bond donors (Lipinski definition) is 2. The Morgan fingerprint density at radius 1 is 1.32 bits per heavy atom. The molecule has 0 aromatic heterocycles. The van der Waals surface area contributed by atoms with Crippen molar-refractivity contribution in [2.75, 3.05) is 20.8 Å². The van der Waals surface area contributed by atoms with E-state index in [1.54, 1.807) is 32.6 Å². The second-order valence-electron chi connectivity index (χ2n) is 3.51. The summed E-state index contributed by atoms with van der Waals surface area (Å²) in [5.41, 5.74) is 3.54. The van der Waals surface area contributed by atoms with Crippen molar-refractivity contribution < 1.29 is 9.47 Å². The topological polar surface area (TPSA) is 54.9 Å². The molecule has 6 heteroatoms. The zero-order valence-corrected chi connectivity index (χ0v) is 11.8. The minimum absolute atomic E-state index is 0.436. The number of nitrogens with one attached hydrogen (secondary N) is 2. The van der Waals surface area contributed by atoms with Gasteiger partial charge in [0.2, 0.25) is 0 Å². The summed E-state index contributed by atoms with van der Waals surface area (Å²) < 4.78 is 10.3. The molecule has 0 heterocycles. The summed E-state index contributed by atoms with van der Waals surface area (Å²) in [4.78, 5) is 0. The average Bonchev–Trinajstić information content (AvgIpc) is 2.44. The van der Waals surface area contributed by atoms with E-state index in [0.717, 1.165) is 5.56 Å². The van der Waals surface area contributed by atoms with Gasteiger partial charge >= 0.3 is 0 Å². The quantitative estimate of drug-likeness (QED) is 0.359. The Morgan fingerprint density at radius 2 is 1.95 bits per heavy atom. The van der Waals surface area contributed by atoms with Crippen molar-refractivity contribution in [3.8, 4) is 11.5 Å². The monoisotopic (exact) mass is 279 g/mol. The Kier molecular flexibility index (Phi) is 6.38. The molecule has 19 heavy (non-hydrogen) atoms. The van der Waals surface area contributed by atoms with Gasteiger partial charge in [0.25, 0.3) is 0 Å². The molecule has 0 spiro atoms. The number of benzene rings is 1. The first-order chi connectivity index (χ1) is 9.19. The van der Waals surface area contributed by atoms with Gasteiger partial charge in [-0.1, -0.05) is 6.08 Å². The Labute approximate surface area is 118 Å². The minimum atomic E-state index is 0.436. The molecule has 2 N–H and O–H groups in total. The van der Waals surface area contributed by atoms with Crippen molar-refractivity contribution in [1.29, 1.82) is 0 Å². The van der Waals surface area contributed by atoms with Crippen LogP contribution in [0.1, 0.15) is 5.56 Å². The smallest absolute Gasteiger partial charge is 0.187 e. The summed E-state index contributed by atoms with van der Waals surface area (Å²) in [5.74, 6) is 1.40. The molecule has 0 aliphatic heterocycles. The van der Waals surface area contributed by atoms with Crippen LogP contribution in [0.25, 0.3) is 0 Å². The third-order valence-corrected chi connectivity index (χ3v) is 2.40. The minimum Gasteiger partial charge on any atom is -0.497 e. The number of thiocarbonyl (C=S) groups is 1. The fourth-order valence-corrected chi connectivity index (χ4v) is 1.41. The Morgan fingerprint density at radius 3 is 2.47 bits per heavy atom. The van der Waals surface area contributed by atoms with Crippen molar-refractivity contribution in [3.63, 3.8) is 0 Å². The zero-order chi connectivity index (χ0) is 14.1. The van der Waals surface area contributed by atoms with E-state index in [1.807, 2.05) is 12.1 Å². The predicted octanol–water partition coefficient (Wildman–Crippen LogP) is 1.69. The van der Waals surface area contributed by atoms with Crippen molar-refractivity contribution in [1.82, 2.24) is 10.7 Å². The SMILES string of the molecule is C=CCNC(=S)N/N=C\c1cc(OC)cc(OC)c1. The van der Waals surface area contributed by atoms with Crippen LogP contribution in [0, 0.1) is 0 Å². The van der Waals surface area contributed by atoms with Crippen LogP contribution in [0.5, 0.6) is 11.5 Å². The first-order valence-electron chi connectivity index (χ1n) is 5.60. The lowest BCUT2D eigenvalue weighted by molar-refractivity contribution is 0.394. The van der Waals surface area contributed by atoms with Crippen LogP contribution in [0.4, 0.5) is 0 Å². The molecule has 5 nitrogen and oxygen atoms in total. The summed E-state index contributed by atoms with van der Waals surface area (Å²) in [5, 5.41) is 7.36. The number of ether oxygens (including phenoxy) is 2. The molecule has 0 aliphatic rings. The molecule has 0 unspecified atom stereocenters. The number of hydrogen-bond acceptors (Lipinski definition) is 4. The van der Waals surface area contributed by atoms with Gasteiger partial charge < -0.3 is 14.8 Å². The number of hydrazone groups is 1. The van der Waals surface area contributed by atoms with E-state index in [9.17, 15) is 0 Å². The molecule has 0 atom stereocenters. The van der Waals surface area contributed by atoms with Gasteiger partial charge in [-0.2, -0.15) is 5.10 Å².